The molecule has 0 fully saturated rings. The normalized spacial score (nSPS) is 11.6. The van der Waals surface area contributed by atoms with Gasteiger partial charge in [0.2, 0.25) is 5.78 Å². The molecule has 1 aromatic carbocycles. The predicted octanol–water partition coefficient (Wildman–Crippen LogP) is 2.78. The summed E-state index contributed by atoms with van der Waals surface area (Å²) in [6, 6.07) is 7.01. The van der Waals surface area contributed by atoms with Gasteiger partial charge in [-0.15, -0.1) is 0 Å². The largest absolute Gasteiger partial charge is 0.497 e. The SMILES string of the molecule is COC(=O)c1c(C)[nH]c(C(=O)[C@H](C)OC(=O)Cc2ccc(OC)cc2)c1C. The summed E-state index contributed by atoms with van der Waals surface area (Å²) in [5.41, 5.74) is 2.30. The Morgan fingerprint density at radius 1 is 1.07 bits per heavy atom. The zero-order chi connectivity index (χ0) is 20.1. The van der Waals surface area contributed by atoms with Crippen molar-refractivity contribution in [2.45, 2.75) is 33.3 Å². The molecule has 7 heteroatoms. The Balaban J connectivity index is 2.06. The van der Waals surface area contributed by atoms with E-state index in [1.165, 1.54) is 14.0 Å². The lowest BCUT2D eigenvalue weighted by Gasteiger charge is -2.12. The average molecular weight is 373 g/mol. The zero-order valence-electron chi connectivity index (χ0n) is 16.0. The number of rotatable bonds is 7. The molecule has 7 nitrogen and oxygen atoms in total. The molecular weight excluding hydrogens is 350 g/mol. The second kappa shape index (κ2) is 8.53. The van der Waals surface area contributed by atoms with Gasteiger partial charge >= 0.3 is 11.9 Å². The standard InChI is InChI=1S/C20H23NO6/c1-11-17(20(24)26-5)12(2)21-18(11)19(23)13(3)27-16(22)10-14-6-8-15(25-4)9-7-14/h6-9,13,21H,10H2,1-5H3/t13-/m0/s1. The summed E-state index contributed by atoms with van der Waals surface area (Å²) >= 11 is 0. The van der Waals surface area contributed by atoms with Gasteiger partial charge in [-0.2, -0.15) is 0 Å². The van der Waals surface area contributed by atoms with Gasteiger partial charge in [0, 0.05) is 5.69 Å². The first kappa shape index (κ1) is 20.2. The van der Waals surface area contributed by atoms with Gasteiger partial charge in [-0.25, -0.2) is 4.79 Å². The molecule has 1 aromatic heterocycles. The highest BCUT2D eigenvalue weighted by molar-refractivity contribution is 6.04. The quantitative estimate of drug-likeness (QED) is 0.592. The Morgan fingerprint density at radius 2 is 1.70 bits per heavy atom. The molecule has 0 bridgehead atoms. The Labute approximate surface area is 157 Å². The van der Waals surface area contributed by atoms with Crippen LogP contribution in [0.1, 0.15) is 44.6 Å². The van der Waals surface area contributed by atoms with E-state index in [1.54, 1.807) is 45.2 Å². The third kappa shape index (κ3) is 4.55. The van der Waals surface area contributed by atoms with Crippen molar-refractivity contribution in [3.05, 3.63) is 52.3 Å². The van der Waals surface area contributed by atoms with Crippen LogP contribution in [0, 0.1) is 13.8 Å². The topological polar surface area (TPSA) is 94.7 Å². The van der Waals surface area contributed by atoms with E-state index < -0.39 is 23.8 Å². The van der Waals surface area contributed by atoms with Crippen LogP contribution < -0.4 is 4.74 Å². The molecule has 0 aliphatic rings. The molecule has 1 atom stereocenters. The zero-order valence-corrected chi connectivity index (χ0v) is 16.0. The molecule has 27 heavy (non-hydrogen) atoms. The summed E-state index contributed by atoms with van der Waals surface area (Å²) in [4.78, 5) is 39.5. The van der Waals surface area contributed by atoms with Crippen LogP contribution in [0.4, 0.5) is 0 Å². The molecule has 2 rings (SSSR count). The molecule has 0 aliphatic heterocycles. The number of aromatic nitrogens is 1. The van der Waals surface area contributed by atoms with Crippen LogP contribution in [0.3, 0.4) is 0 Å². The smallest absolute Gasteiger partial charge is 0.339 e. The van der Waals surface area contributed by atoms with Gasteiger partial charge in [0.1, 0.15) is 5.75 Å². The van der Waals surface area contributed by atoms with E-state index in [-0.39, 0.29) is 12.1 Å². The van der Waals surface area contributed by atoms with E-state index in [0.29, 0.717) is 22.6 Å². The minimum absolute atomic E-state index is 0.0394. The second-order valence-corrected chi connectivity index (χ2v) is 6.14. The highest BCUT2D eigenvalue weighted by atomic mass is 16.5. The number of ether oxygens (including phenoxy) is 3. The number of H-pyrrole nitrogens is 1. The van der Waals surface area contributed by atoms with Crippen molar-refractivity contribution in [1.82, 2.24) is 4.98 Å². The number of carbonyl (C=O) groups excluding carboxylic acids is 3. The van der Waals surface area contributed by atoms with E-state index in [9.17, 15) is 14.4 Å². The van der Waals surface area contributed by atoms with E-state index >= 15 is 0 Å². The van der Waals surface area contributed by atoms with E-state index in [0.717, 1.165) is 5.56 Å². The van der Waals surface area contributed by atoms with Crippen molar-refractivity contribution in [2.24, 2.45) is 0 Å². The number of nitrogens with one attached hydrogen (secondary N) is 1. The fourth-order valence-electron chi connectivity index (χ4n) is 2.81. The van der Waals surface area contributed by atoms with E-state index in [1.807, 2.05) is 0 Å². The van der Waals surface area contributed by atoms with E-state index in [4.69, 9.17) is 14.2 Å². The molecule has 144 valence electrons. The summed E-state index contributed by atoms with van der Waals surface area (Å²) < 4.78 is 15.1. The number of aromatic amines is 1. The summed E-state index contributed by atoms with van der Waals surface area (Å²) in [5, 5.41) is 0. The minimum Gasteiger partial charge on any atom is -0.497 e. The lowest BCUT2D eigenvalue weighted by Crippen LogP contribution is -2.26. The molecule has 0 saturated carbocycles. The number of hydrogen-bond acceptors (Lipinski definition) is 6. The van der Waals surface area contributed by atoms with Crippen LogP contribution in [0.25, 0.3) is 0 Å². The predicted molar refractivity (Wildman–Crippen MR) is 98.2 cm³/mol. The summed E-state index contributed by atoms with van der Waals surface area (Å²) in [5.74, 6) is -0.761. The molecule has 1 heterocycles. The van der Waals surface area contributed by atoms with Crippen LogP contribution in [-0.4, -0.2) is 43.0 Å². The molecule has 0 aliphatic carbocycles. The van der Waals surface area contributed by atoms with Crippen molar-refractivity contribution < 1.29 is 28.6 Å². The van der Waals surface area contributed by atoms with Crippen molar-refractivity contribution in [2.75, 3.05) is 14.2 Å². The lowest BCUT2D eigenvalue weighted by atomic mass is 10.1. The van der Waals surface area contributed by atoms with Crippen LogP contribution in [0.15, 0.2) is 24.3 Å². The van der Waals surface area contributed by atoms with Crippen LogP contribution in [0.5, 0.6) is 5.75 Å². The molecule has 1 N–H and O–H groups in total. The van der Waals surface area contributed by atoms with Crippen molar-refractivity contribution >= 4 is 17.7 Å². The highest BCUT2D eigenvalue weighted by Gasteiger charge is 2.27. The fraction of sp³-hybridized carbons (Fsp3) is 0.350. The molecule has 0 saturated heterocycles. The average Bonchev–Trinajstić information content (AvgIpc) is 2.95. The number of ketones is 1. The van der Waals surface area contributed by atoms with Crippen molar-refractivity contribution in [3.63, 3.8) is 0 Å². The summed E-state index contributed by atoms with van der Waals surface area (Å²) in [6.45, 7) is 4.83. The number of benzene rings is 1. The summed E-state index contributed by atoms with van der Waals surface area (Å²) in [7, 11) is 2.84. The molecule has 0 spiro atoms. The fourth-order valence-corrected chi connectivity index (χ4v) is 2.81. The molecule has 2 aromatic rings. The van der Waals surface area contributed by atoms with Crippen molar-refractivity contribution in [1.29, 1.82) is 0 Å². The van der Waals surface area contributed by atoms with Gasteiger partial charge in [0.15, 0.2) is 6.10 Å². The maximum absolute atomic E-state index is 12.6. The Hall–Kier alpha value is -3.09. The second-order valence-electron chi connectivity index (χ2n) is 6.14. The molecule has 0 amide bonds. The van der Waals surface area contributed by atoms with E-state index in [2.05, 4.69) is 4.98 Å². The first-order chi connectivity index (χ1) is 12.8. The number of hydrogen-bond donors (Lipinski definition) is 1. The van der Waals surface area contributed by atoms with Crippen LogP contribution in [0.2, 0.25) is 0 Å². The van der Waals surface area contributed by atoms with Gasteiger partial charge in [-0.3, -0.25) is 9.59 Å². The van der Waals surface area contributed by atoms with Gasteiger partial charge < -0.3 is 19.2 Å². The molecule has 0 radical (unpaired) electrons. The minimum atomic E-state index is -0.988. The van der Waals surface area contributed by atoms with Gasteiger partial charge in [-0.05, 0) is 44.0 Å². The van der Waals surface area contributed by atoms with Crippen LogP contribution in [-0.2, 0) is 20.7 Å². The highest BCUT2D eigenvalue weighted by Crippen LogP contribution is 2.21. The monoisotopic (exact) mass is 373 g/mol. The Bertz CT molecular complexity index is 850. The Morgan fingerprint density at radius 3 is 2.26 bits per heavy atom. The third-order valence-electron chi connectivity index (χ3n) is 4.26. The van der Waals surface area contributed by atoms with Gasteiger partial charge in [-0.1, -0.05) is 12.1 Å². The Kier molecular flexibility index (Phi) is 6.39. The number of esters is 2. The number of Topliss-reactive ketones (excluding diaryl/α,β-unsaturated/α-hetero) is 1. The maximum Gasteiger partial charge on any atom is 0.339 e. The number of aryl methyl sites for hydroxylation is 1. The van der Waals surface area contributed by atoms with Gasteiger partial charge in [0.05, 0.1) is 31.9 Å². The third-order valence-corrected chi connectivity index (χ3v) is 4.26. The number of methoxy groups -OCH3 is 2. The molecule has 0 unspecified atom stereocenters. The number of carbonyl (C=O) groups is 3. The maximum atomic E-state index is 12.6. The summed E-state index contributed by atoms with van der Waals surface area (Å²) in [6.07, 6.45) is -0.949. The lowest BCUT2D eigenvalue weighted by molar-refractivity contribution is -0.145. The van der Waals surface area contributed by atoms with Crippen LogP contribution >= 0.6 is 0 Å². The molecular formula is C20H23NO6. The van der Waals surface area contributed by atoms with Crippen molar-refractivity contribution in [3.8, 4) is 5.75 Å². The first-order valence-electron chi connectivity index (χ1n) is 8.42. The van der Waals surface area contributed by atoms with Gasteiger partial charge in [0.25, 0.3) is 0 Å². The first-order valence-corrected chi connectivity index (χ1v) is 8.42.